The average molecular weight is 329 g/mol. The van der Waals surface area contributed by atoms with Gasteiger partial charge in [-0.3, -0.25) is 4.79 Å². The summed E-state index contributed by atoms with van der Waals surface area (Å²) in [6, 6.07) is 6.81. The summed E-state index contributed by atoms with van der Waals surface area (Å²) in [5.74, 6) is -0.303. The number of nitrogens with one attached hydrogen (secondary N) is 1. The number of nitrogens with zero attached hydrogens (tertiary/aromatic N) is 2. The Hall–Kier alpha value is -2.88. The van der Waals surface area contributed by atoms with E-state index in [0.29, 0.717) is 22.6 Å². The number of carbonyl (C=O) groups excluding carboxylic acids is 1. The van der Waals surface area contributed by atoms with E-state index in [0.717, 1.165) is 5.39 Å². The zero-order valence-electron chi connectivity index (χ0n) is 13.2. The molecule has 0 radical (unpaired) electrons. The van der Waals surface area contributed by atoms with Crippen LogP contribution >= 0.6 is 0 Å². The van der Waals surface area contributed by atoms with Gasteiger partial charge in [0.05, 0.1) is 18.7 Å². The zero-order chi connectivity index (χ0) is 17.3. The highest BCUT2D eigenvalue weighted by Crippen LogP contribution is 2.31. The molecule has 1 aliphatic heterocycles. The molecule has 1 fully saturated rings. The van der Waals surface area contributed by atoms with Crippen LogP contribution in [0.15, 0.2) is 24.4 Å². The van der Waals surface area contributed by atoms with E-state index in [1.54, 1.807) is 31.3 Å². The molecule has 0 aliphatic carbocycles. The summed E-state index contributed by atoms with van der Waals surface area (Å²) in [7, 11) is 1.48. The molecule has 0 saturated carbocycles. The minimum atomic E-state index is -1.52. The number of carbonyl (C=O) groups is 1. The first-order valence-corrected chi connectivity index (χ1v) is 7.49. The first kappa shape index (κ1) is 16.0. The number of ether oxygens (including phenoxy) is 2. The van der Waals surface area contributed by atoms with Gasteiger partial charge in [0.1, 0.15) is 18.4 Å². The molecule has 2 heterocycles. The van der Waals surface area contributed by atoms with Gasteiger partial charge in [0.15, 0.2) is 6.17 Å². The SMILES string of the molecule is COc1cc2c(OC[C@H]3NC(=O)C(F)[C@H]3C)nccc2cc1C#N. The van der Waals surface area contributed by atoms with Gasteiger partial charge in [-0.2, -0.15) is 5.26 Å². The van der Waals surface area contributed by atoms with Crippen LogP contribution in [0.4, 0.5) is 4.39 Å². The molecule has 0 bridgehead atoms. The summed E-state index contributed by atoms with van der Waals surface area (Å²) in [5, 5.41) is 13.2. The highest BCUT2D eigenvalue weighted by atomic mass is 19.1. The number of hydrogen-bond donors (Lipinski definition) is 1. The lowest BCUT2D eigenvalue weighted by Crippen LogP contribution is -2.34. The van der Waals surface area contributed by atoms with E-state index < -0.39 is 24.0 Å². The third-order valence-corrected chi connectivity index (χ3v) is 4.24. The standard InChI is InChI=1S/C17H16FN3O3/c1-9-13(21-16(22)15(9)18)8-24-17-12-6-14(23-2)11(7-19)5-10(12)3-4-20-17/h3-6,9,13,15H,8H2,1-2H3,(H,21,22)/t9-,13+,15?/m0/s1. The smallest absolute Gasteiger partial charge is 0.255 e. The average Bonchev–Trinajstić information content (AvgIpc) is 2.85. The molecule has 1 aliphatic rings. The van der Waals surface area contributed by atoms with Crippen molar-refractivity contribution in [2.45, 2.75) is 19.1 Å². The number of alkyl halides is 1. The number of benzene rings is 1. The summed E-state index contributed by atoms with van der Waals surface area (Å²) in [4.78, 5) is 15.6. The van der Waals surface area contributed by atoms with Crippen LogP contribution in [0.2, 0.25) is 0 Å². The fourth-order valence-corrected chi connectivity index (χ4v) is 2.74. The number of pyridine rings is 1. The normalized spacial score (nSPS) is 22.9. The van der Waals surface area contributed by atoms with Crippen molar-refractivity contribution in [2.24, 2.45) is 5.92 Å². The number of amides is 1. The zero-order valence-corrected chi connectivity index (χ0v) is 13.2. The summed E-state index contributed by atoms with van der Waals surface area (Å²) >= 11 is 0. The Bertz CT molecular complexity index is 834. The van der Waals surface area contributed by atoms with Crippen LogP contribution in [0.5, 0.6) is 11.6 Å². The maximum absolute atomic E-state index is 13.6. The first-order valence-electron chi connectivity index (χ1n) is 7.49. The number of aromatic nitrogens is 1. The Morgan fingerprint density at radius 3 is 2.88 bits per heavy atom. The van der Waals surface area contributed by atoms with E-state index in [-0.39, 0.29) is 6.61 Å². The van der Waals surface area contributed by atoms with E-state index >= 15 is 0 Å². The molecule has 1 aromatic heterocycles. The van der Waals surface area contributed by atoms with Crippen LogP contribution in [0, 0.1) is 17.2 Å². The lowest BCUT2D eigenvalue weighted by molar-refractivity contribution is -0.123. The molecule has 2 aromatic rings. The van der Waals surface area contributed by atoms with Gasteiger partial charge in [0.2, 0.25) is 5.88 Å². The molecule has 3 atom stereocenters. The van der Waals surface area contributed by atoms with Crippen LogP contribution in [-0.4, -0.2) is 36.8 Å². The number of fused-ring (bicyclic) bond motifs is 1. The summed E-state index contributed by atoms with van der Waals surface area (Å²) in [5.41, 5.74) is 0.416. The van der Waals surface area contributed by atoms with Crippen molar-refractivity contribution >= 4 is 16.7 Å². The molecular formula is C17H16FN3O3. The molecule has 7 heteroatoms. The monoisotopic (exact) mass is 329 g/mol. The van der Waals surface area contributed by atoms with Crippen molar-refractivity contribution in [3.05, 3.63) is 30.0 Å². The largest absolute Gasteiger partial charge is 0.495 e. The molecule has 1 saturated heterocycles. The minimum absolute atomic E-state index is 0.113. The van der Waals surface area contributed by atoms with Crippen molar-refractivity contribution in [3.63, 3.8) is 0 Å². The maximum Gasteiger partial charge on any atom is 0.255 e. The van der Waals surface area contributed by atoms with Crippen LogP contribution < -0.4 is 14.8 Å². The highest BCUT2D eigenvalue weighted by molar-refractivity contribution is 5.89. The molecule has 0 spiro atoms. The van der Waals surface area contributed by atoms with Gasteiger partial charge < -0.3 is 14.8 Å². The third kappa shape index (κ3) is 2.71. The molecule has 1 N–H and O–H groups in total. The fraction of sp³-hybridized carbons (Fsp3) is 0.353. The van der Waals surface area contributed by atoms with Crippen molar-refractivity contribution in [2.75, 3.05) is 13.7 Å². The Labute approximate surface area is 138 Å². The fourth-order valence-electron chi connectivity index (χ4n) is 2.74. The van der Waals surface area contributed by atoms with E-state index in [1.807, 2.05) is 0 Å². The van der Waals surface area contributed by atoms with Crippen molar-refractivity contribution in [3.8, 4) is 17.7 Å². The molecular weight excluding hydrogens is 313 g/mol. The van der Waals surface area contributed by atoms with Gasteiger partial charge in [0.25, 0.3) is 5.91 Å². The molecule has 1 aromatic carbocycles. The lowest BCUT2D eigenvalue weighted by Gasteiger charge is -2.17. The van der Waals surface area contributed by atoms with Crippen LogP contribution in [-0.2, 0) is 4.79 Å². The second-order valence-corrected chi connectivity index (χ2v) is 5.69. The minimum Gasteiger partial charge on any atom is -0.495 e. The molecule has 6 nitrogen and oxygen atoms in total. The Morgan fingerprint density at radius 2 is 2.25 bits per heavy atom. The highest BCUT2D eigenvalue weighted by Gasteiger charge is 2.39. The quantitative estimate of drug-likeness (QED) is 0.927. The van der Waals surface area contributed by atoms with Gasteiger partial charge in [-0.15, -0.1) is 0 Å². The van der Waals surface area contributed by atoms with Crippen molar-refractivity contribution in [1.29, 1.82) is 5.26 Å². The molecule has 124 valence electrons. The Kier molecular flexibility index (Phi) is 4.21. The number of methoxy groups -OCH3 is 1. The summed E-state index contributed by atoms with van der Waals surface area (Å²) in [6.45, 7) is 1.77. The van der Waals surface area contributed by atoms with Gasteiger partial charge in [-0.25, -0.2) is 9.37 Å². The van der Waals surface area contributed by atoms with E-state index in [2.05, 4.69) is 16.4 Å². The van der Waals surface area contributed by atoms with Crippen molar-refractivity contribution in [1.82, 2.24) is 10.3 Å². The number of rotatable bonds is 4. The van der Waals surface area contributed by atoms with Gasteiger partial charge >= 0.3 is 0 Å². The van der Waals surface area contributed by atoms with Gasteiger partial charge in [-0.1, -0.05) is 6.92 Å². The van der Waals surface area contributed by atoms with Crippen LogP contribution in [0.3, 0.4) is 0 Å². The number of hydrogen-bond acceptors (Lipinski definition) is 5. The third-order valence-electron chi connectivity index (χ3n) is 4.24. The van der Waals surface area contributed by atoms with Crippen molar-refractivity contribution < 1.29 is 18.7 Å². The second kappa shape index (κ2) is 6.32. The molecule has 3 rings (SSSR count). The van der Waals surface area contributed by atoms with E-state index in [9.17, 15) is 9.18 Å². The molecule has 24 heavy (non-hydrogen) atoms. The topological polar surface area (TPSA) is 84.2 Å². The number of nitriles is 1. The van der Waals surface area contributed by atoms with Gasteiger partial charge in [-0.05, 0) is 23.6 Å². The lowest BCUT2D eigenvalue weighted by atomic mass is 10.0. The molecule has 1 amide bonds. The maximum atomic E-state index is 13.6. The first-order chi connectivity index (χ1) is 11.5. The Balaban J connectivity index is 1.87. The summed E-state index contributed by atoms with van der Waals surface area (Å²) < 4.78 is 24.5. The van der Waals surface area contributed by atoms with E-state index in [4.69, 9.17) is 14.7 Å². The predicted molar refractivity (Wildman–Crippen MR) is 84.5 cm³/mol. The van der Waals surface area contributed by atoms with Crippen LogP contribution in [0.1, 0.15) is 12.5 Å². The van der Waals surface area contributed by atoms with E-state index in [1.165, 1.54) is 7.11 Å². The summed E-state index contributed by atoms with van der Waals surface area (Å²) in [6.07, 6.45) is 0.0530. The number of halogens is 1. The van der Waals surface area contributed by atoms with Gasteiger partial charge in [0, 0.05) is 17.5 Å². The Morgan fingerprint density at radius 1 is 1.46 bits per heavy atom. The second-order valence-electron chi connectivity index (χ2n) is 5.69. The van der Waals surface area contributed by atoms with Crippen LogP contribution in [0.25, 0.3) is 10.8 Å². The molecule has 1 unspecified atom stereocenters. The predicted octanol–water partition coefficient (Wildman–Crippen LogP) is 1.97.